The van der Waals surface area contributed by atoms with Crippen molar-refractivity contribution >= 4 is 5.97 Å². The van der Waals surface area contributed by atoms with E-state index >= 15 is 0 Å². The van der Waals surface area contributed by atoms with E-state index in [0.29, 0.717) is 18.8 Å². The molecule has 0 unspecified atom stereocenters. The predicted molar refractivity (Wildman–Crippen MR) is 223 cm³/mol. The molecule has 22 atom stereocenters. The molecule has 16 heteroatoms. The molecule has 0 spiro atoms. The smallest absolute Gasteiger partial charge is 0.310 e. The van der Waals surface area contributed by atoms with E-state index in [1.54, 1.807) is 0 Å². The van der Waals surface area contributed by atoms with Crippen molar-refractivity contribution in [3.63, 3.8) is 0 Å². The fourth-order valence-electron chi connectivity index (χ4n) is 14.8. The molecule has 9 N–H and O–H groups in total. The number of hydrogen-bond acceptors (Lipinski definition) is 15. The molecule has 4 saturated carbocycles. The average molecular weight is 897 g/mol. The number of carboxylic acids is 1. The zero-order valence-electron chi connectivity index (χ0n) is 38.3. The van der Waals surface area contributed by atoms with E-state index in [1.165, 1.54) is 12.5 Å². The lowest BCUT2D eigenvalue weighted by atomic mass is 9.33. The molecule has 3 aliphatic heterocycles. The molecule has 0 bridgehead atoms. The van der Waals surface area contributed by atoms with Crippen molar-refractivity contribution < 1.29 is 79.2 Å². The minimum atomic E-state index is -1.79. The molecule has 360 valence electrons. The van der Waals surface area contributed by atoms with Crippen LogP contribution in [0.1, 0.15) is 120 Å². The van der Waals surface area contributed by atoms with Gasteiger partial charge >= 0.3 is 5.97 Å². The SMILES string of the molecule is C[C@H]1O[C@H](O[C@@H]2[C@@H](O[C@H]3[C@H](O[C@@H]4CC[C@]5(C)[C@H](CC[C@@]6(C)[C@H]5CC=C5[C@H]7CC(C)(C)CC[C@@]7(C(=O)O)CC[C@@]56C)C4(C)C)OC[C@H](O)[C@@H]3O)O[C@@H](CO)[C@H](O)[C@H]2O)[C@@H](O)[C@@H](O)[C@@H]1O. The first kappa shape index (κ1) is 48.1. The summed E-state index contributed by atoms with van der Waals surface area (Å²) in [5.41, 5.74) is 0.124. The highest BCUT2D eigenvalue weighted by Gasteiger charge is 2.70. The van der Waals surface area contributed by atoms with E-state index in [2.05, 4.69) is 54.5 Å². The van der Waals surface area contributed by atoms with Crippen LogP contribution in [-0.2, 0) is 33.2 Å². The van der Waals surface area contributed by atoms with Crippen LogP contribution in [0.25, 0.3) is 0 Å². The van der Waals surface area contributed by atoms with Crippen LogP contribution in [0.2, 0.25) is 0 Å². The standard InChI is InChI=1S/C47H76O16/c1-22-30(50)33(53)35(55)38(59-22)62-37-34(54)32(52)26(20-48)60-40(37)63-36-31(51)25(49)21-58-39(36)61-29-12-13-44(6)27(43(29,4)5)11-14-46(8)28(44)10-9-23-24-19-42(2,3)15-17-47(24,41(56)57)18-16-45(23,46)7/h9,22,24-40,48-55H,10-21H2,1-8H3,(H,56,57)/t22-,24-,25+,26+,27-,28+,29-,30-,31+,32+,33+,34-,35+,36-,37+,38-,39+,40-,44-,45+,46+,47-/m1/s1. The molecule has 8 aliphatic rings. The fraction of sp³-hybridized carbons (Fsp3) is 0.936. The average Bonchev–Trinajstić information content (AvgIpc) is 3.21. The highest BCUT2D eigenvalue weighted by atomic mass is 16.8. The molecule has 0 aromatic carbocycles. The van der Waals surface area contributed by atoms with E-state index in [0.717, 1.165) is 51.4 Å². The Morgan fingerprint density at radius 1 is 0.714 bits per heavy atom. The molecule has 16 nitrogen and oxygen atoms in total. The number of hydrogen-bond donors (Lipinski definition) is 9. The number of fused-ring (bicyclic) bond motifs is 7. The summed E-state index contributed by atoms with van der Waals surface area (Å²) in [6, 6.07) is 0. The number of allylic oxidation sites excluding steroid dienone is 2. The van der Waals surface area contributed by atoms with Crippen molar-refractivity contribution in [2.24, 2.45) is 50.2 Å². The van der Waals surface area contributed by atoms with Gasteiger partial charge in [-0.15, -0.1) is 0 Å². The van der Waals surface area contributed by atoms with Crippen molar-refractivity contribution in [1.82, 2.24) is 0 Å². The van der Waals surface area contributed by atoms with Crippen LogP contribution in [-0.4, -0.2) is 157 Å². The Bertz CT molecular complexity index is 1720. The van der Waals surface area contributed by atoms with Gasteiger partial charge in [-0.25, -0.2) is 0 Å². The monoisotopic (exact) mass is 897 g/mol. The van der Waals surface area contributed by atoms with Gasteiger partial charge in [0, 0.05) is 0 Å². The van der Waals surface area contributed by atoms with Gasteiger partial charge in [0.25, 0.3) is 0 Å². The van der Waals surface area contributed by atoms with Crippen molar-refractivity contribution in [2.75, 3.05) is 13.2 Å². The molecular weight excluding hydrogens is 821 g/mol. The Kier molecular flexibility index (Phi) is 12.8. The first-order valence-corrected chi connectivity index (χ1v) is 23.6. The summed E-state index contributed by atoms with van der Waals surface area (Å²) in [5.74, 6) is -0.0241. The maximum Gasteiger partial charge on any atom is 0.310 e. The van der Waals surface area contributed by atoms with Gasteiger partial charge in [0.2, 0.25) is 0 Å². The van der Waals surface area contributed by atoms with Crippen LogP contribution in [0.5, 0.6) is 0 Å². The maximum atomic E-state index is 13.1. The normalized spacial score (nSPS) is 54.1. The van der Waals surface area contributed by atoms with Crippen LogP contribution in [0.3, 0.4) is 0 Å². The van der Waals surface area contributed by atoms with Crippen LogP contribution in [0.4, 0.5) is 0 Å². The van der Waals surface area contributed by atoms with Gasteiger partial charge in [0.05, 0.1) is 30.8 Å². The number of aliphatic hydroxyl groups excluding tert-OH is 8. The van der Waals surface area contributed by atoms with E-state index < -0.39 is 109 Å². The van der Waals surface area contributed by atoms with Gasteiger partial charge in [0.1, 0.15) is 61.0 Å². The Hall–Kier alpha value is -1.35. The molecule has 63 heavy (non-hydrogen) atoms. The second-order valence-electron chi connectivity index (χ2n) is 23.0. The largest absolute Gasteiger partial charge is 0.481 e. The van der Waals surface area contributed by atoms with Gasteiger partial charge in [0.15, 0.2) is 18.9 Å². The molecule has 0 aromatic heterocycles. The number of aliphatic hydroxyl groups is 8. The lowest BCUT2D eigenvalue weighted by Crippen LogP contribution is -2.67. The number of carboxylic acid groups (broad SMARTS) is 1. The lowest BCUT2D eigenvalue weighted by Gasteiger charge is -2.71. The quantitative estimate of drug-likeness (QED) is 0.125. The summed E-state index contributed by atoms with van der Waals surface area (Å²) in [6.07, 6.45) is -10.7. The van der Waals surface area contributed by atoms with Crippen LogP contribution >= 0.6 is 0 Å². The minimum absolute atomic E-state index is 0.0300. The Morgan fingerprint density at radius 2 is 1.38 bits per heavy atom. The van der Waals surface area contributed by atoms with Gasteiger partial charge < -0.3 is 74.4 Å². The number of carbonyl (C=O) groups is 1. The van der Waals surface area contributed by atoms with E-state index in [9.17, 15) is 50.8 Å². The third-order valence-corrected chi connectivity index (χ3v) is 18.9. The van der Waals surface area contributed by atoms with Crippen molar-refractivity contribution in [2.45, 2.75) is 212 Å². The first-order chi connectivity index (χ1) is 29.4. The molecular formula is C47H76O16. The van der Waals surface area contributed by atoms with Crippen LogP contribution in [0.15, 0.2) is 11.6 Å². The zero-order chi connectivity index (χ0) is 46.0. The van der Waals surface area contributed by atoms with Crippen LogP contribution in [0, 0.1) is 50.2 Å². The minimum Gasteiger partial charge on any atom is -0.481 e. The number of rotatable bonds is 8. The second kappa shape index (κ2) is 16.7. The van der Waals surface area contributed by atoms with E-state index in [4.69, 9.17) is 28.4 Å². The van der Waals surface area contributed by atoms with Gasteiger partial charge in [-0.3, -0.25) is 4.79 Å². The first-order valence-electron chi connectivity index (χ1n) is 23.6. The summed E-state index contributed by atoms with van der Waals surface area (Å²) in [5, 5.41) is 96.7. The third kappa shape index (κ3) is 7.51. The van der Waals surface area contributed by atoms with Gasteiger partial charge in [-0.2, -0.15) is 0 Å². The van der Waals surface area contributed by atoms with E-state index in [-0.39, 0.29) is 46.2 Å². The molecule has 7 fully saturated rings. The number of aliphatic carboxylic acids is 1. The molecule has 0 radical (unpaired) electrons. The zero-order valence-corrected chi connectivity index (χ0v) is 38.3. The van der Waals surface area contributed by atoms with Crippen molar-refractivity contribution in [1.29, 1.82) is 0 Å². The molecule has 3 saturated heterocycles. The van der Waals surface area contributed by atoms with Crippen molar-refractivity contribution in [3.8, 4) is 0 Å². The summed E-state index contributed by atoms with van der Waals surface area (Å²) in [7, 11) is 0. The molecule has 0 aromatic rings. The number of ether oxygens (including phenoxy) is 6. The second-order valence-corrected chi connectivity index (χ2v) is 23.0. The Balaban J connectivity index is 1.03. The maximum absolute atomic E-state index is 13.1. The molecule has 0 amide bonds. The highest BCUT2D eigenvalue weighted by Crippen LogP contribution is 2.76. The Labute approximate surface area is 371 Å². The van der Waals surface area contributed by atoms with Gasteiger partial charge in [-0.05, 0) is 116 Å². The lowest BCUT2D eigenvalue weighted by molar-refractivity contribution is -0.392. The summed E-state index contributed by atoms with van der Waals surface area (Å²) in [4.78, 5) is 13.1. The van der Waals surface area contributed by atoms with Crippen molar-refractivity contribution in [3.05, 3.63) is 11.6 Å². The summed E-state index contributed by atoms with van der Waals surface area (Å²) in [6.45, 7) is 16.9. The van der Waals surface area contributed by atoms with Gasteiger partial charge in [-0.1, -0.05) is 60.1 Å². The predicted octanol–water partition coefficient (Wildman–Crippen LogP) is 2.37. The molecule has 5 aliphatic carbocycles. The fourth-order valence-corrected chi connectivity index (χ4v) is 14.8. The third-order valence-electron chi connectivity index (χ3n) is 18.9. The summed E-state index contributed by atoms with van der Waals surface area (Å²) >= 11 is 0. The van der Waals surface area contributed by atoms with Crippen LogP contribution < -0.4 is 0 Å². The summed E-state index contributed by atoms with van der Waals surface area (Å²) < 4.78 is 36.7. The molecule has 3 heterocycles. The highest BCUT2D eigenvalue weighted by molar-refractivity contribution is 5.76. The Morgan fingerprint density at radius 3 is 2.06 bits per heavy atom. The molecule has 8 rings (SSSR count). The topological polar surface area (TPSA) is 255 Å². The van der Waals surface area contributed by atoms with E-state index in [1.807, 2.05) is 0 Å².